The molecule has 0 bridgehead atoms. The minimum Gasteiger partial charge on any atom is -0.373 e. The van der Waals surface area contributed by atoms with Gasteiger partial charge in [-0.1, -0.05) is 0 Å². The van der Waals surface area contributed by atoms with Crippen LogP contribution < -0.4 is 4.72 Å². The van der Waals surface area contributed by atoms with Crippen LogP contribution in [0.2, 0.25) is 0 Å². The van der Waals surface area contributed by atoms with Crippen LogP contribution >= 0.6 is 0 Å². The summed E-state index contributed by atoms with van der Waals surface area (Å²) in [6, 6.07) is 1.93. The van der Waals surface area contributed by atoms with Crippen molar-refractivity contribution < 1.29 is 13.2 Å². The van der Waals surface area contributed by atoms with Crippen LogP contribution in [0.15, 0.2) is 0 Å². The maximum atomic E-state index is 11.9. The molecule has 1 aliphatic rings. The molecular weight excluding hydrogens is 280 g/mol. The summed E-state index contributed by atoms with van der Waals surface area (Å²) < 4.78 is 33.1. The summed E-state index contributed by atoms with van der Waals surface area (Å²) in [4.78, 5) is 2.19. The molecule has 1 aliphatic heterocycles. The number of nitriles is 1. The van der Waals surface area contributed by atoms with Crippen molar-refractivity contribution in [2.75, 3.05) is 39.8 Å². The average molecular weight is 304 g/mol. The monoisotopic (exact) mass is 304 g/mol. The van der Waals surface area contributed by atoms with Gasteiger partial charge in [0.05, 0.1) is 18.3 Å². The molecule has 1 heterocycles. The Bertz CT molecular complexity index is 424. The second-order valence-electron chi connectivity index (χ2n) is 5.15. The highest BCUT2D eigenvalue weighted by Crippen LogP contribution is 2.09. The molecule has 2 unspecified atom stereocenters. The van der Waals surface area contributed by atoms with Crippen molar-refractivity contribution in [3.8, 4) is 6.07 Å². The molecular formula is C12H24N4O3S. The van der Waals surface area contributed by atoms with Crippen molar-refractivity contribution in [2.45, 2.75) is 32.5 Å². The summed E-state index contributed by atoms with van der Waals surface area (Å²) in [5, 5.41) is 8.47. The van der Waals surface area contributed by atoms with Crippen LogP contribution in [-0.2, 0) is 14.9 Å². The van der Waals surface area contributed by atoms with Crippen LogP contribution in [0.4, 0.5) is 0 Å². The van der Waals surface area contributed by atoms with Crippen LogP contribution in [-0.4, -0.2) is 69.6 Å². The molecule has 0 radical (unpaired) electrons. The Morgan fingerprint density at radius 1 is 1.40 bits per heavy atom. The van der Waals surface area contributed by atoms with E-state index in [-0.39, 0.29) is 25.2 Å². The Kier molecular flexibility index (Phi) is 6.85. The van der Waals surface area contributed by atoms with Crippen molar-refractivity contribution in [1.82, 2.24) is 13.9 Å². The fraction of sp³-hybridized carbons (Fsp3) is 0.917. The summed E-state index contributed by atoms with van der Waals surface area (Å²) in [5.41, 5.74) is 0. The van der Waals surface area contributed by atoms with Crippen molar-refractivity contribution in [3.05, 3.63) is 0 Å². The largest absolute Gasteiger partial charge is 0.373 e. The predicted octanol–water partition coefficient (Wildman–Crippen LogP) is -0.225. The number of hydrogen-bond donors (Lipinski definition) is 1. The minimum absolute atomic E-state index is 0.175. The molecule has 0 amide bonds. The molecule has 8 heteroatoms. The number of morpholine rings is 1. The number of hydrogen-bond acceptors (Lipinski definition) is 5. The summed E-state index contributed by atoms with van der Waals surface area (Å²) >= 11 is 0. The lowest BCUT2D eigenvalue weighted by molar-refractivity contribution is -0.0671. The van der Waals surface area contributed by atoms with Crippen LogP contribution in [0.5, 0.6) is 0 Å². The van der Waals surface area contributed by atoms with Gasteiger partial charge in [0.2, 0.25) is 0 Å². The fourth-order valence-electron chi connectivity index (χ4n) is 2.24. The van der Waals surface area contributed by atoms with E-state index in [2.05, 4.69) is 9.62 Å². The van der Waals surface area contributed by atoms with Gasteiger partial charge >= 0.3 is 0 Å². The molecule has 1 rings (SSSR count). The molecule has 7 nitrogen and oxygen atoms in total. The summed E-state index contributed by atoms with van der Waals surface area (Å²) in [6.07, 6.45) is 0.540. The highest BCUT2D eigenvalue weighted by Gasteiger charge is 2.22. The Morgan fingerprint density at radius 2 is 2.00 bits per heavy atom. The molecule has 0 aromatic rings. The van der Waals surface area contributed by atoms with Crippen LogP contribution in [0, 0.1) is 11.3 Å². The number of ether oxygens (including phenoxy) is 1. The second kappa shape index (κ2) is 7.90. The summed E-state index contributed by atoms with van der Waals surface area (Å²) in [6.45, 7) is 6.89. The van der Waals surface area contributed by atoms with E-state index in [0.717, 1.165) is 13.1 Å². The van der Waals surface area contributed by atoms with Gasteiger partial charge in [-0.15, -0.1) is 0 Å². The van der Waals surface area contributed by atoms with Gasteiger partial charge in [0.1, 0.15) is 0 Å². The predicted molar refractivity (Wildman–Crippen MR) is 76.2 cm³/mol. The van der Waals surface area contributed by atoms with E-state index < -0.39 is 10.2 Å². The van der Waals surface area contributed by atoms with Gasteiger partial charge < -0.3 is 4.74 Å². The van der Waals surface area contributed by atoms with E-state index in [1.54, 1.807) is 0 Å². The van der Waals surface area contributed by atoms with Crippen molar-refractivity contribution in [3.63, 3.8) is 0 Å². The Morgan fingerprint density at radius 3 is 2.55 bits per heavy atom. The van der Waals surface area contributed by atoms with E-state index in [9.17, 15) is 8.42 Å². The van der Waals surface area contributed by atoms with E-state index in [0.29, 0.717) is 13.1 Å². The molecule has 0 aromatic heterocycles. The molecule has 0 aliphatic carbocycles. The lowest BCUT2D eigenvalue weighted by Crippen LogP contribution is -2.49. The molecule has 1 fully saturated rings. The van der Waals surface area contributed by atoms with Crippen molar-refractivity contribution in [1.29, 1.82) is 5.26 Å². The molecule has 0 spiro atoms. The first-order chi connectivity index (χ1) is 9.35. The molecule has 20 heavy (non-hydrogen) atoms. The van der Waals surface area contributed by atoms with E-state index in [1.807, 2.05) is 19.9 Å². The van der Waals surface area contributed by atoms with Gasteiger partial charge in [0, 0.05) is 46.2 Å². The Hall–Kier alpha value is -0.720. The molecule has 1 saturated heterocycles. The van der Waals surface area contributed by atoms with E-state index >= 15 is 0 Å². The van der Waals surface area contributed by atoms with Gasteiger partial charge in [-0.25, -0.2) is 4.72 Å². The molecule has 1 N–H and O–H groups in total. The van der Waals surface area contributed by atoms with Gasteiger partial charge in [-0.3, -0.25) is 4.90 Å². The van der Waals surface area contributed by atoms with Crippen LogP contribution in [0.3, 0.4) is 0 Å². The Labute approximate surface area is 121 Å². The zero-order valence-electron chi connectivity index (χ0n) is 12.4. The maximum Gasteiger partial charge on any atom is 0.279 e. The van der Waals surface area contributed by atoms with Gasteiger partial charge in [0.15, 0.2) is 0 Å². The fourth-order valence-corrected chi connectivity index (χ4v) is 3.14. The topological polar surface area (TPSA) is 85.7 Å². The number of nitrogens with zero attached hydrogens (tertiary/aromatic N) is 3. The lowest BCUT2D eigenvalue weighted by atomic mass is 10.2. The van der Waals surface area contributed by atoms with E-state index in [4.69, 9.17) is 10.00 Å². The summed E-state index contributed by atoms with van der Waals surface area (Å²) in [5.74, 6) is 0. The third kappa shape index (κ3) is 5.73. The normalized spacial score (nSPS) is 24.8. The summed E-state index contributed by atoms with van der Waals surface area (Å²) in [7, 11) is -2.02. The highest BCUT2D eigenvalue weighted by molar-refractivity contribution is 7.87. The quantitative estimate of drug-likeness (QED) is 0.702. The third-order valence-corrected chi connectivity index (χ3v) is 4.73. The zero-order valence-corrected chi connectivity index (χ0v) is 13.2. The van der Waals surface area contributed by atoms with Crippen LogP contribution in [0.1, 0.15) is 20.3 Å². The number of rotatable bonds is 7. The minimum atomic E-state index is -3.49. The molecule has 116 valence electrons. The molecule has 2 atom stereocenters. The second-order valence-corrected chi connectivity index (χ2v) is 7.01. The first-order valence-electron chi connectivity index (χ1n) is 6.81. The standard InChI is InChI=1S/C12H24N4O3S/c1-11-9-16(10-12(2)19-11)8-6-14-20(17,18)15(3)7-4-5-13/h11-12,14H,4,6-10H2,1-3H3. The number of nitrogens with one attached hydrogen (secondary N) is 1. The molecule has 0 aromatic carbocycles. The average Bonchev–Trinajstić information content (AvgIpc) is 2.34. The zero-order chi connectivity index (χ0) is 15.2. The highest BCUT2D eigenvalue weighted by atomic mass is 32.2. The van der Waals surface area contributed by atoms with Crippen molar-refractivity contribution in [2.24, 2.45) is 0 Å². The maximum absolute atomic E-state index is 11.9. The van der Waals surface area contributed by atoms with Crippen molar-refractivity contribution >= 4 is 10.2 Å². The van der Waals surface area contributed by atoms with E-state index in [1.165, 1.54) is 11.4 Å². The lowest BCUT2D eigenvalue weighted by Gasteiger charge is -2.35. The SMILES string of the molecule is CC1CN(CCNS(=O)(=O)N(C)CCC#N)CC(C)O1. The third-order valence-electron chi connectivity index (χ3n) is 3.16. The smallest absolute Gasteiger partial charge is 0.279 e. The first kappa shape index (κ1) is 17.3. The molecule has 0 saturated carbocycles. The van der Waals surface area contributed by atoms with Gasteiger partial charge in [0.25, 0.3) is 10.2 Å². The Balaban J connectivity index is 2.34. The van der Waals surface area contributed by atoms with Gasteiger partial charge in [-0.2, -0.15) is 18.0 Å². The van der Waals surface area contributed by atoms with Gasteiger partial charge in [-0.05, 0) is 13.8 Å². The van der Waals surface area contributed by atoms with Crippen LogP contribution in [0.25, 0.3) is 0 Å². The first-order valence-corrected chi connectivity index (χ1v) is 8.25.